The summed E-state index contributed by atoms with van der Waals surface area (Å²) in [6, 6.07) is 12.2. The number of hydrogen-bond acceptors (Lipinski definition) is 2. The highest BCUT2D eigenvalue weighted by Gasteiger charge is 2.29. The van der Waals surface area contributed by atoms with Crippen LogP contribution in [0.15, 0.2) is 48.5 Å². The van der Waals surface area contributed by atoms with Gasteiger partial charge in [-0.25, -0.2) is 0 Å². The van der Waals surface area contributed by atoms with Crippen LogP contribution in [0.25, 0.3) is 0 Å². The smallest absolute Gasteiger partial charge is 0.416 e. The van der Waals surface area contributed by atoms with Crippen LogP contribution in [0.3, 0.4) is 0 Å². The monoisotopic (exact) mass is 337 g/mol. The molecular weight excluding hydrogens is 319 g/mol. The van der Waals surface area contributed by atoms with Crippen LogP contribution in [0, 0.1) is 0 Å². The third kappa shape index (κ3) is 5.30. The summed E-state index contributed by atoms with van der Waals surface area (Å²) in [4.78, 5) is 11.9. The molecule has 0 fully saturated rings. The fraction of sp³-hybridized carbons (Fsp3) is 0.278. The highest BCUT2D eigenvalue weighted by Crippen LogP contribution is 2.29. The van der Waals surface area contributed by atoms with Gasteiger partial charge in [0, 0.05) is 6.54 Å². The van der Waals surface area contributed by atoms with Crippen LogP contribution in [0.5, 0.6) is 5.75 Å². The zero-order chi connectivity index (χ0) is 17.6. The second-order valence-electron chi connectivity index (χ2n) is 5.32. The number of nitrogens with one attached hydrogen (secondary N) is 1. The van der Waals surface area contributed by atoms with Crippen molar-refractivity contribution in [1.29, 1.82) is 0 Å². The topological polar surface area (TPSA) is 38.3 Å². The molecule has 0 aliphatic carbocycles. The average molecular weight is 337 g/mol. The molecule has 0 unspecified atom stereocenters. The van der Waals surface area contributed by atoms with Crippen molar-refractivity contribution in [2.24, 2.45) is 0 Å². The van der Waals surface area contributed by atoms with E-state index in [-0.39, 0.29) is 12.3 Å². The van der Waals surface area contributed by atoms with E-state index in [0.717, 1.165) is 29.0 Å². The lowest BCUT2D eigenvalue weighted by Gasteiger charge is -2.08. The summed E-state index contributed by atoms with van der Waals surface area (Å²) in [6.45, 7) is 0.375. The number of carbonyl (C=O) groups excluding carboxylic acids is 1. The summed E-state index contributed by atoms with van der Waals surface area (Å²) in [6.07, 6.45) is -3.60. The van der Waals surface area contributed by atoms with E-state index < -0.39 is 11.7 Å². The number of methoxy groups -OCH3 is 1. The van der Waals surface area contributed by atoms with Crippen LogP contribution < -0.4 is 10.1 Å². The summed E-state index contributed by atoms with van der Waals surface area (Å²) < 4.78 is 42.4. The maximum absolute atomic E-state index is 12.5. The highest BCUT2D eigenvalue weighted by atomic mass is 19.4. The van der Waals surface area contributed by atoms with E-state index in [2.05, 4.69) is 5.32 Å². The average Bonchev–Trinajstić information content (AvgIpc) is 2.55. The minimum atomic E-state index is -4.33. The van der Waals surface area contributed by atoms with Gasteiger partial charge in [-0.15, -0.1) is 0 Å². The quantitative estimate of drug-likeness (QED) is 0.874. The Morgan fingerprint density at radius 2 is 1.58 bits per heavy atom. The fourth-order valence-corrected chi connectivity index (χ4v) is 2.20. The molecule has 0 bridgehead atoms. The van der Waals surface area contributed by atoms with Gasteiger partial charge in [0.2, 0.25) is 5.91 Å². The predicted octanol–water partition coefficient (Wildman–Crippen LogP) is 3.62. The van der Waals surface area contributed by atoms with E-state index in [0.29, 0.717) is 13.0 Å². The molecule has 0 heterocycles. The molecule has 0 aliphatic heterocycles. The standard InChI is InChI=1S/C18H18F3NO2/c1-24-16-8-4-14(5-9-16)12-17(23)22-11-10-13-2-6-15(7-3-13)18(19,20)21/h2-9H,10-12H2,1H3,(H,22,23). The number of rotatable bonds is 6. The van der Waals surface area contributed by atoms with Crippen molar-refractivity contribution in [3.8, 4) is 5.75 Å². The van der Waals surface area contributed by atoms with Crippen LogP contribution >= 0.6 is 0 Å². The molecular formula is C18H18F3NO2. The predicted molar refractivity (Wildman–Crippen MR) is 84.9 cm³/mol. The van der Waals surface area contributed by atoms with Crippen molar-refractivity contribution in [3.05, 3.63) is 65.2 Å². The summed E-state index contributed by atoms with van der Waals surface area (Å²) in [5.74, 6) is 0.591. The zero-order valence-electron chi connectivity index (χ0n) is 13.2. The third-order valence-corrected chi connectivity index (χ3v) is 3.54. The molecule has 1 N–H and O–H groups in total. The Morgan fingerprint density at radius 3 is 2.12 bits per heavy atom. The molecule has 2 aromatic carbocycles. The van der Waals surface area contributed by atoms with E-state index in [9.17, 15) is 18.0 Å². The Morgan fingerprint density at radius 1 is 1.00 bits per heavy atom. The number of amides is 1. The van der Waals surface area contributed by atoms with Crippen molar-refractivity contribution >= 4 is 5.91 Å². The molecule has 0 aromatic heterocycles. The van der Waals surface area contributed by atoms with Gasteiger partial charge in [-0.3, -0.25) is 4.79 Å². The van der Waals surface area contributed by atoms with Crippen LogP contribution in [0.2, 0.25) is 0 Å². The lowest BCUT2D eigenvalue weighted by Crippen LogP contribution is -2.27. The van der Waals surface area contributed by atoms with Crippen molar-refractivity contribution in [2.75, 3.05) is 13.7 Å². The first-order chi connectivity index (χ1) is 11.4. The summed E-state index contributed by atoms with van der Waals surface area (Å²) in [7, 11) is 1.57. The molecule has 3 nitrogen and oxygen atoms in total. The molecule has 0 radical (unpaired) electrons. The van der Waals surface area contributed by atoms with Gasteiger partial charge < -0.3 is 10.1 Å². The lowest BCUT2D eigenvalue weighted by molar-refractivity contribution is -0.137. The number of benzene rings is 2. The number of carbonyl (C=O) groups is 1. The van der Waals surface area contributed by atoms with Gasteiger partial charge in [0.1, 0.15) is 5.75 Å². The number of hydrogen-bond donors (Lipinski definition) is 1. The maximum atomic E-state index is 12.5. The molecule has 128 valence electrons. The van der Waals surface area contributed by atoms with Gasteiger partial charge in [0.05, 0.1) is 19.1 Å². The number of alkyl halides is 3. The molecule has 6 heteroatoms. The van der Waals surface area contributed by atoms with Gasteiger partial charge >= 0.3 is 6.18 Å². The molecule has 0 atom stereocenters. The lowest BCUT2D eigenvalue weighted by atomic mass is 10.1. The van der Waals surface area contributed by atoms with Crippen molar-refractivity contribution in [2.45, 2.75) is 19.0 Å². The van der Waals surface area contributed by atoms with Crippen LogP contribution in [0.4, 0.5) is 13.2 Å². The molecule has 0 aliphatic rings. The van der Waals surface area contributed by atoms with Crippen LogP contribution in [-0.4, -0.2) is 19.6 Å². The molecule has 0 saturated heterocycles. The third-order valence-electron chi connectivity index (χ3n) is 3.54. The van der Waals surface area contributed by atoms with E-state index in [4.69, 9.17) is 4.74 Å². The first kappa shape index (κ1) is 17.8. The van der Waals surface area contributed by atoms with E-state index in [1.54, 1.807) is 19.2 Å². The van der Waals surface area contributed by atoms with E-state index in [1.807, 2.05) is 12.1 Å². The van der Waals surface area contributed by atoms with Gasteiger partial charge in [0.15, 0.2) is 0 Å². The molecule has 2 rings (SSSR count). The Bertz CT molecular complexity index is 664. The summed E-state index contributed by atoms with van der Waals surface area (Å²) in [5, 5.41) is 2.76. The zero-order valence-corrected chi connectivity index (χ0v) is 13.2. The Labute approximate surface area is 138 Å². The van der Waals surface area contributed by atoms with Gasteiger partial charge in [0.25, 0.3) is 0 Å². The van der Waals surface area contributed by atoms with Crippen molar-refractivity contribution < 1.29 is 22.7 Å². The first-order valence-electron chi connectivity index (χ1n) is 7.44. The molecule has 24 heavy (non-hydrogen) atoms. The largest absolute Gasteiger partial charge is 0.497 e. The molecule has 1 amide bonds. The Balaban J connectivity index is 1.77. The Kier molecular flexibility index (Phi) is 5.84. The Hall–Kier alpha value is -2.50. The summed E-state index contributed by atoms with van der Waals surface area (Å²) >= 11 is 0. The minimum absolute atomic E-state index is 0.132. The van der Waals surface area contributed by atoms with Gasteiger partial charge in [-0.05, 0) is 41.8 Å². The second-order valence-corrected chi connectivity index (χ2v) is 5.32. The van der Waals surface area contributed by atoms with Crippen molar-refractivity contribution in [3.63, 3.8) is 0 Å². The SMILES string of the molecule is COc1ccc(CC(=O)NCCc2ccc(C(F)(F)F)cc2)cc1. The highest BCUT2D eigenvalue weighted by molar-refractivity contribution is 5.78. The van der Waals surface area contributed by atoms with Crippen molar-refractivity contribution in [1.82, 2.24) is 5.32 Å². The first-order valence-corrected chi connectivity index (χ1v) is 7.44. The van der Waals surface area contributed by atoms with Gasteiger partial charge in [-0.2, -0.15) is 13.2 Å². The summed E-state index contributed by atoms with van der Waals surface area (Å²) in [5.41, 5.74) is 0.936. The van der Waals surface area contributed by atoms with Gasteiger partial charge in [-0.1, -0.05) is 24.3 Å². The fourth-order valence-electron chi connectivity index (χ4n) is 2.20. The number of halogens is 3. The van der Waals surface area contributed by atoms with Crippen LogP contribution in [-0.2, 0) is 23.8 Å². The normalized spacial score (nSPS) is 11.2. The molecule has 0 saturated carbocycles. The van der Waals surface area contributed by atoms with Crippen LogP contribution in [0.1, 0.15) is 16.7 Å². The van der Waals surface area contributed by atoms with E-state index in [1.165, 1.54) is 12.1 Å². The maximum Gasteiger partial charge on any atom is 0.416 e. The van der Waals surface area contributed by atoms with E-state index >= 15 is 0 Å². The minimum Gasteiger partial charge on any atom is -0.497 e. The number of ether oxygens (including phenoxy) is 1. The molecule has 2 aromatic rings. The second kappa shape index (κ2) is 7.86. The molecule has 0 spiro atoms.